The molecule has 0 atom stereocenters. The molecule has 0 spiro atoms. The zero-order valence-electron chi connectivity index (χ0n) is 15.0. The minimum Gasteiger partial charge on any atom is -0.494 e. The van der Waals surface area contributed by atoms with Crippen molar-refractivity contribution >= 4 is 11.9 Å². The van der Waals surface area contributed by atoms with E-state index in [9.17, 15) is 9.59 Å². The molecule has 138 valence electrons. The van der Waals surface area contributed by atoms with E-state index in [1.54, 1.807) is 18.2 Å². The standard InChI is InChI=1S/C21H25NO4/c1-2-14-26-19-9-6-16(7-10-19)8-11-20(23)22-13-12-17-4-3-5-18(15-17)21(24)25/h3-7,9-10,15H,2,8,11-14H2,1H3,(H,22,23)(H,24,25). The lowest BCUT2D eigenvalue weighted by atomic mass is 10.1. The van der Waals surface area contributed by atoms with E-state index in [2.05, 4.69) is 12.2 Å². The molecule has 2 rings (SSSR count). The normalized spacial score (nSPS) is 10.3. The van der Waals surface area contributed by atoms with Gasteiger partial charge in [0, 0.05) is 13.0 Å². The molecule has 1 amide bonds. The lowest BCUT2D eigenvalue weighted by Gasteiger charge is -2.07. The van der Waals surface area contributed by atoms with E-state index in [4.69, 9.17) is 9.84 Å². The molecule has 0 aromatic heterocycles. The molecule has 0 bridgehead atoms. The maximum Gasteiger partial charge on any atom is 0.335 e. The number of amides is 1. The number of benzene rings is 2. The highest BCUT2D eigenvalue weighted by atomic mass is 16.5. The van der Waals surface area contributed by atoms with Crippen molar-refractivity contribution in [1.29, 1.82) is 0 Å². The Labute approximate surface area is 154 Å². The number of carbonyl (C=O) groups is 2. The number of carboxylic acid groups (broad SMARTS) is 1. The minimum atomic E-state index is -0.943. The molecular formula is C21H25NO4. The van der Waals surface area contributed by atoms with Crippen molar-refractivity contribution in [2.45, 2.75) is 32.6 Å². The topological polar surface area (TPSA) is 75.6 Å². The van der Waals surface area contributed by atoms with Gasteiger partial charge in [-0.2, -0.15) is 0 Å². The Bertz CT molecular complexity index is 725. The Balaban J connectivity index is 1.70. The molecule has 0 radical (unpaired) electrons. The third kappa shape index (κ3) is 6.59. The molecule has 0 unspecified atom stereocenters. The molecule has 0 saturated heterocycles. The van der Waals surface area contributed by atoms with Crippen LogP contribution >= 0.6 is 0 Å². The fraction of sp³-hybridized carbons (Fsp3) is 0.333. The van der Waals surface area contributed by atoms with Gasteiger partial charge in [0.15, 0.2) is 0 Å². The highest BCUT2D eigenvalue weighted by Crippen LogP contribution is 2.13. The van der Waals surface area contributed by atoms with Crippen LogP contribution in [-0.2, 0) is 17.6 Å². The van der Waals surface area contributed by atoms with Crippen LogP contribution in [-0.4, -0.2) is 30.1 Å². The van der Waals surface area contributed by atoms with E-state index in [0.717, 1.165) is 23.3 Å². The second-order valence-corrected chi connectivity index (χ2v) is 6.10. The van der Waals surface area contributed by atoms with Gasteiger partial charge in [-0.25, -0.2) is 4.79 Å². The van der Waals surface area contributed by atoms with Crippen LogP contribution < -0.4 is 10.1 Å². The molecule has 5 nitrogen and oxygen atoms in total. The van der Waals surface area contributed by atoms with Crippen LogP contribution in [0.2, 0.25) is 0 Å². The smallest absolute Gasteiger partial charge is 0.335 e. The number of carbonyl (C=O) groups excluding carboxylic acids is 1. The van der Waals surface area contributed by atoms with E-state index >= 15 is 0 Å². The summed E-state index contributed by atoms with van der Waals surface area (Å²) in [5.74, 6) is -0.101. The van der Waals surface area contributed by atoms with Crippen molar-refractivity contribution < 1.29 is 19.4 Å². The largest absolute Gasteiger partial charge is 0.494 e. The van der Waals surface area contributed by atoms with Crippen LogP contribution in [0.3, 0.4) is 0 Å². The van der Waals surface area contributed by atoms with Crippen molar-refractivity contribution in [3.8, 4) is 5.75 Å². The molecule has 0 fully saturated rings. The van der Waals surface area contributed by atoms with Gasteiger partial charge in [-0.3, -0.25) is 4.79 Å². The van der Waals surface area contributed by atoms with Crippen molar-refractivity contribution in [1.82, 2.24) is 5.32 Å². The molecule has 2 N–H and O–H groups in total. The summed E-state index contributed by atoms with van der Waals surface area (Å²) in [4.78, 5) is 22.9. The Kier molecular flexibility index (Phi) is 7.68. The fourth-order valence-electron chi connectivity index (χ4n) is 2.52. The molecule has 0 heterocycles. The second kappa shape index (κ2) is 10.2. The first kappa shape index (κ1) is 19.5. The Morgan fingerprint density at radius 1 is 1.04 bits per heavy atom. The van der Waals surface area contributed by atoms with Crippen LogP contribution in [0.1, 0.15) is 41.3 Å². The third-order valence-corrected chi connectivity index (χ3v) is 3.95. The number of aryl methyl sites for hydroxylation is 1. The summed E-state index contributed by atoms with van der Waals surface area (Å²) >= 11 is 0. The van der Waals surface area contributed by atoms with E-state index in [0.29, 0.717) is 32.4 Å². The van der Waals surface area contributed by atoms with Gasteiger partial charge in [0.1, 0.15) is 5.75 Å². The molecule has 2 aromatic carbocycles. The summed E-state index contributed by atoms with van der Waals surface area (Å²) in [5, 5.41) is 11.9. The quantitative estimate of drug-likeness (QED) is 0.684. The number of nitrogens with one attached hydrogen (secondary N) is 1. The van der Waals surface area contributed by atoms with Crippen molar-refractivity contribution in [2.24, 2.45) is 0 Å². The number of rotatable bonds is 10. The number of ether oxygens (including phenoxy) is 1. The van der Waals surface area contributed by atoms with Crippen LogP contribution in [0.4, 0.5) is 0 Å². The number of carboxylic acids is 1. The summed E-state index contributed by atoms with van der Waals surface area (Å²) in [6.45, 7) is 3.26. The van der Waals surface area contributed by atoms with Crippen LogP contribution in [0, 0.1) is 0 Å². The summed E-state index contributed by atoms with van der Waals surface area (Å²) in [7, 11) is 0. The van der Waals surface area contributed by atoms with Gasteiger partial charge in [-0.1, -0.05) is 31.2 Å². The first-order valence-corrected chi connectivity index (χ1v) is 8.89. The second-order valence-electron chi connectivity index (χ2n) is 6.10. The SMILES string of the molecule is CCCOc1ccc(CCC(=O)NCCc2cccc(C(=O)O)c2)cc1. The average molecular weight is 355 g/mol. The molecule has 26 heavy (non-hydrogen) atoms. The predicted octanol–water partition coefficient (Wildman–Crippen LogP) is 3.47. The fourth-order valence-corrected chi connectivity index (χ4v) is 2.52. The van der Waals surface area contributed by atoms with Gasteiger partial charge in [-0.05, 0) is 54.7 Å². The van der Waals surface area contributed by atoms with Gasteiger partial charge < -0.3 is 15.2 Å². The maximum absolute atomic E-state index is 12.0. The van der Waals surface area contributed by atoms with Gasteiger partial charge in [-0.15, -0.1) is 0 Å². The molecule has 0 saturated carbocycles. The molecule has 0 aliphatic rings. The number of hydrogen-bond donors (Lipinski definition) is 2. The van der Waals surface area contributed by atoms with Gasteiger partial charge >= 0.3 is 5.97 Å². The molecule has 0 aliphatic heterocycles. The predicted molar refractivity (Wildman–Crippen MR) is 101 cm³/mol. The zero-order chi connectivity index (χ0) is 18.8. The van der Waals surface area contributed by atoms with Crippen molar-refractivity contribution in [2.75, 3.05) is 13.2 Å². The summed E-state index contributed by atoms with van der Waals surface area (Å²) < 4.78 is 5.54. The van der Waals surface area contributed by atoms with E-state index < -0.39 is 5.97 Å². The molecular weight excluding hydrogens is 330 g/mol. The highest BCUT2D eigenvalue weighted by molar-refractivity contribution is 5.87. The number of hydrogen-bond acceptors (Lipinski definition) is 3. The molecule has 2 aromatic rings. The van der Waals surface area contributed by atoms with Crippen LogP contribution in [0.5, 0.6) is 5.75 Å². The summed E-state index contributed by atoms with van der Waals surface area (Å²) in [6.07, 6.45) is 2.68. The summed E-state index contributed by atoms with van der Waals surface area (Å²) in [6, 6.07) is 14.6. The van der Waals surface area contributed by atoms with E-state index in [1.807, 2.05) is 30.3 Å². The Morgan fingerprint density at radius 2 is 1.81 bits per heavy atom. The van der Waals surface area contributed by atoms with Gasteiger partial charge in [0.25, 0.3) is 0 Å². The van der Waals surface area contributed by atoms with E-state index in [1.165, 1.54) is 0 Å². The minimum absolute atomic E-state index is 0.00861. The van der Waals surface area contributed by atoms with Gasteiger partial charge in [0.2, 0.25) is 5.91 Å². The first-order valence-electron chi connectivity index (χ1n) is 8.89. The highest BCUT2D eigenvalue weighted by Gasteiger charge is 2.05. The van der Waals surface area contributed by atoms with Crippen molar-refractivity contribution in [3.63, 3.8) is 0 Å². The number of aromatic carboxylic acids is 1. The summed E-state index contributed by atoms with van der Waals surface area (Å²) in [5.41, 5.74) is 2.26. The molecule has 5 heteroatoms. The van der Waals surface area contributed by atoms with Crippen LogP contribution in [0.25, 0.3) is 0 Å². The first-order chi connectivity index (χ1) is 12.6. The average Bonchev–Trinajstić information content (AvgIpc) is 2.65. The third-order valence-electron chi connectivity index (χ3n) is 3.95. The zero-order valence-corrected chi connectivity index (χ0v) is 15.0. The Morgan fingerprint density at radius 3 is 2.50 bits per heavy atom. The van der Waals surface area contributed by atoms with E-state index in [-0.39, 0.29) is 11.5 Å². The van der Waals surface area contributed by atoms with Crippen LogP contribution in [0.15, 0.2) is 48.5 Å². The Hall–Kier alpha value is -2.82. The van der Waals surface area contributed by atoms with Crippen molar-refractivity contribution in [3.05, 3.63) is 65.2 Å². The monoisotopic (exact) mass is 355 g/mol. The lowest BCUT2D eigenvalue weighted by Crippen LogP contribution is -2.25. The maximum atomic E-state index is 12.0. The lowest BCUT2D eigenvalue weighted by molar-refractivity contribution is -0.121. The van der Waals surface area contributed by atoms with Gasteiger partial charge in [0.05, 0.1) is 12.2 Å². The molecule has 0 aliphatic carbocycles.